The third-order valence-corrected chi connectivity index (χ3v) is 3.68. The van der Waals surface area contributed by atoms with Gasteiger partial charge in [-0.05, 0) is 26.0 Å². The molecule has 1 fully saturated rings. The second-order valence-electron chi connectivity index (χ2n) is 5.07. The summed E-state index contributed by atoms with van der Waals surface area (Å²) >= 11 is 0. The molecule has 1 atom stereocenters. The summed E-state index contributed by atoms with van der Waals surface area (Å²) in [5.74, 6) is 0.928. The van der Waals surface area contributed by atoms with E-state index in [-0.39, 0.29) is 36.8 Å². The van der Waals surface area contributed by atoms with Crippen molar-refractivity contribution < 1.29 is 9.53 Å². The van der Waals surface area contributed by atoms with E-state index < -0.39 is 0 Å². The maximum atomic E-state index is 11.5. The van der Waals surface area contributed by atoms with Crippen LogP contribution < -0.4 is 4.90 Å². The lowest BCUT2D eigenvalue weighted by molar-refractivity contribution is -0.144. The molecule has 2 heterocycles. The average Bonchev–Trinajstić information content (AvgIpc) is 2.48. The Morgan fingerprint density at radius 1 is 1.27 bits per heavy atom. The van der Waals surface area contributed by atoms with Gasteiger partial charge in [0, 0.05) is 38.4 Å². The van der Waals surface area contributed by atoms with Crippen LogP contribution in [0.1, 0.15) is 20.3 Å². The molecule has 0 N–H and O–H groups in total. The number of anilines is 1. The van der Waals surface area contributed by atoms with Gasteiger partial charge in [-0.1, -0.05) is 6.07 Å². The zero-order valence-electron chi connectivity index (χ0n) is 13.1. The van der Waals surface area contributed by atoms with E-state index in [1.54, 1.807) is 0 Å². The quantitative estimate of drug-likeness (QED) is 0.763. The molecule has 5 nitrogen and oxygen atoms in total. The molecule has 7 heteroatoms. The first-order valence-corrected chi connectivity index (χ1v) is 7.26. The normalized spacial score (nSPS) is 16.2. The number of ether oxygens (including phenoxy) is 1. The molecule has 22 heavy (non-hydrogen) atoms. The summed E-state index contributed by atoms with van der Waals surface area (Å²) in [6, 6.07) is 6.22. The SMILES string of the molecule is CCOC(=O)CC(C)N1CCN(c2ccccn2)CC1.Cl.Cl. The standard InChI is InChI=1S/C15H23N3O2.2ClH/c1-3-20-15(19)12-13(2)17-8-10-18(11-9-17)14-6-4-5-7-16-14;;/h4-7,13H,3,8-12H2,1-2H3;2*1H. The largest absolute Gasteiger partial charge is 0.466 e. The summed E-state index contributed by atoms with van der Waals surface area (Å²) < 4.78 is 5.01. The van der Waals surface area contributed by atoms with Crippen molar-refractivity contribution in [3.05, 3.63) is 24.4 Å². The summed E-state index contributed by atoms with van der Waals surface area (Å²) in [5.41, 5.74) is 0. The van der Waals surface area contributed by atoms with Crippen LogP contribution in [0.4, 0.5) is 5.82 Å². The van der Waals surface area contributed by atoms with Crippen molar-refractivity contribution in [2.45, 2.75) is 26.3 Å². The van der Waals surface area contributed by atoms with Crippen LogP contribution in [-0.4, -0.2) is 54.7 Å². The zero-order chi connectivity index (χ0) is 14.4. The van der Waals surface area contributed by atoms with Crippen LogP contribution in [0.3, 0.4) is 0 Å². The van der Waals surface area contributed by atoms with Crippen LogP contribution in [0.2, 0.25) is 0 Å². The number of pyridine rings is 1. The number of hydrogen-bond donors (Lipinski definition) is 0. The van der Waals surface area contributed by atoms with E-state index in [9.17, 15) is 4.79 Å². The van der Waals surface area contributed by atoms with Crippen molar-refractivity contribution >= 4 is 36.6 Å². The van der Waals surface area contributed by atoms with Gasteiger partial charge in [0.05, 0.1) is 13.0 Å². The van der Waals surface area contributed by atoms with Crippen LogP contribution >= 0.6 is 24.8 Å². The molecule has 0 spiro atoms. The first kappa shape index (κ1) is 21.0. The molecule has 1 aliphatic rings. The summed E-state index contributed by atoms with van der Waals surface area (Å²) in [6.07, 6.45) is 2.29. The Morgan fingerprint density at radius 3 is 2.50 bits per heavy atom. The van der Waals surface area contributed by atoms with Gasteiger partial charge in [-0.2, -0.15) is 0 Å². The van der Waals surface area contributed by atoms with Crippen LogP contribution in [0.15, 0.2) is 24.4 Å². The van der Waals surface area contributed by atoms with E-state index in [1.165, 1.54) is 0 Å². The van der Waals surface area contributed by atoms with E-state index in [1.807, 2.05) is 31.3 Å². The molecular formula is C15H25Cl2N3O2. The van der Waals surface area contributed by atoms with Crippen LogP contribution in [0.25, 0.3) is 0 Å². The second kappa shape index (κ2) is 10.6. The predicted octanol–water partition coefficient (Wildman–Crippen LogP) is 2.39. The van der Waals surface area contributed by atoms with E-state index >= 15 is 0 Å². The highest BCUT2D eigenvalue weighted by molar-refractivity contribution is 5.85. The number of rotatable bonds is 5. The van der Waals surface area contributed by atoms with Crippen LogP contribution in [0, 0.1) is 0 Å². The zero-order valence-corrected chi connectivity index (χ0v) is 14.7. The number of hydrogen-bond acceptors (Lipinski definition) is 5. The molecule has 0 saturated carbocycles. The Morgan fingerprint density at radius 2 is 1.95 bits per heavy atom. The molecule has 0 radical (unpaired) electrons. The highest BCUT2D eigenvalue weighted by atomic mass is 35.5. The average molecular weight is 350 g/mol. The van der Waals surface area contributed by atoms with Gasteiger partial charge in [-0.3, -0.25) is 9.69 Å². The van der Waals surface area contributed by atoms with Crippen LogP contribution in [0.5, 0.6) is 0 Å². The van der Waals surface area contributed by atoms with Gasteiger partial charge in [0.2, 0.25) is 0 Å². The fraction of sp³-hybridized carbons (Fsp3) is 0.600. The molecule has 0 aliphatic carbocycles. The first-order valence-electron chi connectivity index (χ1n) is 7.26. The third-order valence-electron chi connectivity index (χ3n) is 3.68. The summed E-state index contributed by atoms with van der Waals surface area (Å²) in [5, 5.41) is 0. The summed E-state index contributed by atoms with van der Waals surface area (Å²) in [4.78, 5) is 20.5. The molecule has 2 rings (SSSR count). The molecular weight excluding hydrogens is 325 g/mol. The van der Waals surface area contributed by atoms with Crippen molar-refractivity contribution in [3.8, 4) is 0 Å². The number of nitrogens with zero attached hydrogens (tertiary/aromatic N) is 3. The minimum atomic E-state index is -0.104. The van der Waals surface area contributed by atoms with Crippen molar-refractivity contribution in [3.63, 3.8) is 0 Å². The van der Waals surface area contributed by atoms with Crippen molar-refractivity contribution in [2.24, 2.45) is 0 Å². The summed E-state index contributed by atoms with van der Waals surface area (Å²) in [7, 11) is 0. The lowest BCUT2D eigenvalue weighted by Crippen LogP contribution is -2.50. The van der Waals surface area contributed by atoms with Gasteiger partial charge in [-0.25, -0.2) is 4.98 Å². The minimum Gasteiger partial charge on any atom is -0.466 e. The van der Waals surface area contributed by atoms with E-state index in [2.05, 4.69) is 21.7 Å². The molecule has 1 saturated heterocycles. The molecule has 1 aromatic heterocycles. The highest BCUT2D eigenvalue weighted by Gasteiger charge is 2.23. The van der Waals surface area contributed by atoms with E-state index in [0.717, 1.165) is 32.0 Å². The van der Waals surface area contributed by atoms with Gasteiger partial charge in [0.25, 0.3) is 0 Å². The Balaban J connectivity index is 0.00000220. The van der Waals surface area contributed by atoms with Crippen molar-refractivity contribution in [1.29, 1.82) is 0 Å². The number of esters is 1. The first-order chi connectivity index (χ1) is 9.70. The number of halogens is 2. The number of carbonyl (C=O) groups is 1. The lowest BCUT2D eigenvalue weighted by Gasteiger charge is -2.38. The fourth-order valence-electron chi connectivity index (χ4n) is 2.52. The third kappa shape index (κ3) is 5.99. The van der Waals surface area contributed by atoms with Crippen molar-refractivity contribution in [2.75, 3.05) is 37.7 Å². The maximum absolute atomic E-state index is 11.5. The number of piperazine rings is 1. The van der Waals surface area contributed by atoms with Gasteiger partial charge in [-0.15, -0.1) is 24.8 Å². The smallest absolute Gasteiger partial charge is 0.307 e. The van der Waals surface area contributed by atoms with Gasteiger partial charge >= 0.3 is 5.97 Å². The molecule has 1 aromatic rings. The Bertz CT molecular complexity index is 426. The summed E-state index contributed by atoms with van der Waals surface area (Å²) in [6.45, 7) is 8.20. The van der Waals surface area contributed by atoms with E-state index in [0.29, 0.717) is 13.0 Å². The molecule has 0 bridgehead atoms. The molecule has 0 aromatic carbocycles. The lowest BCUT2D eigenvalue weighted by atomic mass is 10.1. The molecule has 126 valence electrons. The Kier molecular flexibility index (Phi) is 10.1. The highest BCUT2D eigenvalue weighted by Crippen LogP contribution is 2.15. The molecule has 1 unspecified atom stereocenters. The van der Waals surface area contributed by atoms with Gasteiger partial charge < -0.3 is 9.64 Å². The minimum absolute atomic E-state index is 0. The second-order valence-corrected chi connectivity index (χ2v) is 5.07. The maximum Gasteiger partial charge on any atom is 0.307 e. The number of aromatic nitrogens is 1. The Labute approximate surface area is 144 Å². The molecule has 0 amide bonds. The fourth-order valence-corrected chi connectivity index (χ4v) is 2.52. The molecule has 1 aliphatic heterocycles. The van der Waals surface area contributed by atoms with E-state index in [4.69, 9.17) is 4.74 Å². The van der Waals surface area contributed by atoms with Crippen molar-refractivity contribution in [1.82, 2.24) is 9.88 Å². The topological polar surface area (TPSA) is 45.7 Å². The van der Waals surface area contributed by atoms with Gasteiger partial charge in [0.1, 0.15) is 5.82 Å². The predicted molar refractivity (Wildman–Crippen MR) is 93.2 cm³/mol. The van der Waals surface area contributed by atoms with Gasteiger partial charge in [0.15, 0.2) is 0 Å². The Hall–Kier alpha value is -1.04. The monoisotopic (exact) mass is 349 g/mol. The van der Waals surface area contributed by atoms with Crippen LogP contribution in [-0.2, 0) is 9.53 Å². The number of carbonyl (C=O) groups excluding carboxylic acids is 1.